The minimum atomic E-state index is 1.03. The first-order chi connectivity index (χ1) is 5.43. The number of allylic oxidation sites excluding steroid dienone is 3. The molecule has 1 aliphatic rings. The number of unbranched alkanes of at least 4 members (excludes halogenated alkanes) is 1. The number of rotatable bonds is 3. The van der Waals surface area contributed by atoms with Crippen molar-refractivity contribution in [1.82, 2.24) is 0 Å². The van der Waals surface area contributed by atoms with Gasteiger partial charge in [0.05, 0.1) is 0 Å². The molecule has 0 unspecified atom stereocenters. The molecule has 0 aromatic rings. The third kappa shape index (κ3) is 3.17. The predicted molar refractivity (Wildman–Crippen MR) is 49.9 cm³/mol. The number of aliphatic imine (C=N–C) groups is 1. The molecule has 11 heavy (non-hydrogen) atoms. The van der Waals surface area contributed by atoms with Crippen molar-refractivity contribution >= 4 is 6.21 Å². The summed E-state index contributed by atoms with van der Waals surface area (Å²) in [5, 5.41) is 0. The van der Waals surface area contributed by atoms with Crippen molar-refractivity contribution in [2.24, 2.45) is 4.99 Å². The van der Waals surface area contributed by atoms with Gasteiger partial charge in [-0.25, -0.2) is 0 Å². The summed E-state index contributed by atoms with van der Waals surface area (Å²) in [6.45, 7) is 2.22. The van der Waals surface area contributed by atoms with E-state index in [0.29, 0.717) is 0 Å². The lowest BCUT2D eigenvalue weighted by Gasteiger charge is -1.99. The average Bonchev–Trinajstić information content (AvgIpc) is 2.28. The summed E-state index contributed by atoms with van der Waals surface area (Å²) in [5.41, 5.74) is 1.50. The molecule has 0 saturated heterocycles. The molecule has 0 amide bonds. The van der Waals surface area contributed by atoms with E-state index >= 15 is 0 Å². The zero-order valence-electron chi connectivity index (χ0n) is 7.09. The maximum atomic E-state index is 4.07. The van der Waals surface area contributed by atoms with Gasteiger partial charge in [-0.15, -0.1) is 0 Å². The van der Waals surface area contributed by atoms with Crippen molar-refractivity contribution in [1.29, 1.82) is 0 Å². The Kier molecular flexibility index (Phi) is 3.67. The van der Waals surface area contributed by atoms with Crippen LogP contribution in [0.25, 0.3) is 0 Å². The molecule has 1 heteroatoms. The van der Waals surface area contributed by atoms with Crippen LogP contribution in [0.3, 0.4) is 0 Å². The van der Waals surface area contributed by atoms with Crippen molar-refractivity contribution in [3.8, 4) is 0 Å². The standard InChI is InChI=1S/C10H15N/c1-2-3-5-10-6-4-8-11-9-7-10/h4,6,8-9H,2-3,5,7H2,1H3. The zero-order valence-corrected chi connectivity index (χ0v) is 7.09. The molecular weight excluding hydrogens is 134 g/mol. The molecule has 1 aliphatic heterocycles. The maximum absolute atomic E-state index is 4.07. The summed E-state index contributed by atoms with van der Waals surface area (Å²) in [7, 11) is 0. The SMILES string of the molecule is CCCCC1=CC=CN=CC1. The summed E-state index contributed by atoms with van der Waals surface area (Å²) in [6.07, 6.45) is 12.9. The molecule has 0 atom stereocenters. The number of hydrogen-bond donors (Lipinski definition) is 0. The van der Waals surface area contributed by atoms with Crippen LogP contribution in [0, 0.1) is 0 Å². The predicted octanol–water partition coefficient (Wildman–Crippen LogP) is 3.09. The second-order valence-corrected chi connectivity index (χ2v) is 2.81. The van der Waals surface area contributed by atoms with Crippen molar-refractivity contribution in [2.75, 3.05) is 0 Å². The van der Waals surface area contributed by atoms with Crippen LogP contribution < -0.4 is 0 Å². The van der Waals surface area contributed by atoms with Crippen LogP contribution in [-0.2, 0) is 0 Å². The monoisotopic (exact) mass is 149 g/mol. The van der Waals surface area contributed by atoms with E-state index in [1.54, 1.807) is 0 Å². The molecule has 1 heterocycles. The van der Waals surface area contributed by atoms with E-state index in [2.05, 4.69) is 18.0 Å². The van der Waals surface area contributed by atoms with Crippen molar-refractivity contribution < 1.29 is 0 Å². The van der Waals surface area contributed by atoms with E-state index in [-0.39, 0.29) is 0 Å². The zero-order chi connectivity index (χ0) is 7.94. The van der Waals surface area contributed by atoms with Gasteiger partial charge in [0.1, 0.15) is 0 Å². The van der Waals surface area contributed by atoms with Crippen molar-refractivity contribution in [3.63, 3.8) is 0 Å². The van der Waals surface area contributed by atoms with Gasteiger partial charge in [-0.05, 0) is 18.9 Å². The fraction of sp³-hybridized carbons (Fsp3) is 0.500. The fourth-order valence-electron chi connectivity index (χ4n) is 1.12. The highest BCUT2D eigenvalue weighted by molar-refractivity contribution is 5.63. The quantitative estimate of drug-likeness (QED) is 0.584. The average molecular weight is 149 g/mol. The first kappa shape index (κ1) is 8.25. The highest BCUT2D eigenvalue weighted by Gasteiger charge is 1.94. The molecule has 0 spiro atoms. The molecule has 1 nitrogen and oxygen atoms in total. The normalized spacial score (nSPS) is 16.3. The second-order valence-electron chi connectivity index (χ2n) is 2.81. The van der Waals surface area contributed by atoms with Crippen molar-refractivity contribution in [2.45, 2.75) is 32.6 Å². The minimum Gasteiger partial charge on any atom is -0.269 e. The van der Waals surface area contributed by atoms with Gasteiger partial charge in [-0.2, -0.15) is 0 Å². The van der Waals surface area contributed by atoms with Gasteiger partial charge in [0.2, 0.25) is 0 Å². The second kappa shape index (κ2) is 4.89. The van der Waals surface area contributed by atoms with Crippen LogP contribution in [0.15, 0.2) is 28.9 Å². The lowest BCUT2D eigenvalue weighted by Crippen LogP contribution is -1.83. The third-order valence-electron chi connectivity index (χ3n) is 1.81. The lowest BCUT2D eigenvalue weighted by atomic mass is 10.1. The minimum absolute atomic E-state index is 1.03. The van der Waals surface area contributed by atoms with Crippen LogP contribution in [0.1, 0.15) is 32.6 Å². The molecule has 0 fully saturated rings. The smallest absolute Gasteiger partial charge is 0.0263 e. The first-order valence-corrected chi connectivity index (χ1v) is 4.29. The van der Waals surface area contributed by atoms with E-state index in [1.807, 2.05) is 18.5 Å². The maximum Gasteiger partial charge on any atom is 0.0263 e. The Morgan fingerprint density at radius 2 is 2.45 bits per heavy atom. The van der Waals surface area contributed by atoms with Gasteiger partial charge in [0.25, 0.3) is 0 Å². The van der Waals surface area contributed by atoms with E-state index in [0.717, 1.165) is 6.42 Å². The van der Waals surface area contributed by atoms with Gasteiger partial charge in [0, 0.05) is 18.8 Å². The van der Waals surface area contributed by atoms with Crippen LogP contribution in [-0.4, -0.2) is 6.21 Å². The molecule has 0 bridgehead atoms. The van der Waals surface area contributed by atoms with Gasteiger partial charge in [0.15, 0.2) is 0 Å². The molecule has 0 aliphatic carbocycles. The van der Waals surface area contributed by atoms with Gasteiger partial charge in [-0.3, -0.25) is 4.99 Å². The van der Waals surface area contributed by atoms with Crippen LogP contribution in [0.2, 0.25) is 0 Å². The van der Waals surface area contributed by atoms with Gasteiger partial charge in [-0.1, -0.05) is 25.0 Å². The van der Waals surface area contributed by atoms with Crippen LogP contribution in [0.5, 0.6) is 0 Å². The Morgan fingerprint density at radius 3 is 3.27 bits per heavy atom. The molecule has 0 aromatic heterocycles. The van der Waals surface area contributed by atoms with E-state index in [9.17, 15) is 0 Å². The van der Waals surface area contributed by atoms with Gasteiger partial charge >= 0.3 is 0 Å². The third-order valence-corrected chi connectivity index (χ3v) is 1.81. The van der Waals surface area contributed by atoms with E-state index < -0.39 is 0 Å². The number of nitrogens with zero attached hydrogens (tertiary/aromatic N) is 1. The molecule has 0 N–H and O–H groups in total. The molecule has 1 rings (SSSR count). The Balaban J connectivity index is 2.38. The molecule has 0 saturated carbocycles. The molecule has 60 valence electrons. The summed E-state index contributed by atoms with van der Waals surface area (Å²) >= 11 is 0. The lowest BCUT2D eigenvalue weighted by molar-refractivity contribution is 0.781. The summed E-state index contributed by atoms with van der Waals surface area (Å²) < 4.78 is 0. The van der Waals surface area contributed by atoms with E-state index in [1.165, 1.54) is 24.8 Å². The Bertz CT molecular complexity index is 187. The highest BCUT2D eigenvalue weighted by Crippen LogP contribution is 2.11. The van der Waals surface area contributed by atoms with Crippen LogP contribution >= 0.6 is 0 Å². The molecule has 0 radical (unpaired) electrons. The first-order valence-electron chi connectivity index (χ1n) is 4.29. The summed E-state index contributed by atoms with van der Waals surface area (Å²) in [4.78, 5) is 4.07. The van der Waals surface area contributed by atoms with Crippen LogP contribution in [0.4, 0.5) is 0 Å². The Morgan fingerprint density at radius 1 is 1.55 bits per heavy atom. The Labute approximate surface area is 68.5 Å². The molecular formula is C10H15N. The Hall–Kier alpha value is -0.850. The summed E-state index contributed by atoms with van der Waals surface area (Å²) in [5.74, 6) is 0. The topological polar surface area (TPSA) is 12.4 Å². The largest absolute Gasteiger partial charge is 0.269 e. The van der Waals surface area contributed by atoms with E-state index in [4.69, 9.17) is 0 Å². The fourth-order valence-corrected chi connectivity index (χ4v) is 1.12. The van der Waals surface area contributed by atoms with Gasteiger partial charge < -0.3 is 0 Å². The molecule has 0 aromatic carbocycles. The number of hydrogen-bond acceptors (Lipinski definition) is 1. The summed E-state index contributed by atoms with van der Waals surface area (Å²) in [6, 6.07) is 0. The van der Waals surface area contributed by atoms with Crippen molar-refractivity contribution in [3.05, 3.63) is 23.9 Å². The highest BCUT2D eigenvalue weighted by atomic mass is 14.7.